The lowest BCUT2D eigenvalue weighted by atomic mass is 9.75. The van der Waals surface area contributed by atoms with Gasteiger partial charge in [0.2, 0.25) is 5.91 Å². The van der Waals surface area contributed by atoms with Gasteiger partial charge in [0, 0.05) is 19.0 Å². The van der Waals surface area contributed by atoms with Crippen molar-refractivity contribution in [1.29, 1.82) is 0 Å². The number of nitrogens with zero attached hydrogens (tertiary/aromatic N) is 1. The molecule has 0 radical (unpaired) electrons. The molecule has 1 fully saturated rings. The van der Waals surface area contributed by atoms with Gasteiger partial charge in [-0.05, 0) is 42.7 Å². The molecule has 0 bridgehead atoms. The molecule has 2 unspecified atom stereocenters. The van der Waals surface area contributed by atoms with Crippen molar-refractivity contribution in [3.8, 4) is 0 Å². The minimum atomic E-state index is 0.337. The van der Waals surface area contributed by atoms with Crippen molar-refractivity contribution in [2.75, 3.05) is 6.54 Å². The van der Waals surface area contributed by atoms with Gasteiger partial charge in [-0.25, -0.2) is 0 Å². The Bertz CT molecular complexity index is 454. The van der Waals surface area contributed by atoms with E-state index < -0.39 is 0 Å². The Balaban J connectivity index is 1.88. The standard InChI is InChI=1S/C16H21NO/c1-2-16(18)17-9-5-8-14-10-12-6-3-4-7-13(12)11-15(14)17/h3-4,6-7,14-15H,2,5,8-11H2,1H3. The van der Waals surface area contributed by atoms with Crippen LogP contribution in [0.5, 0.6) is 0 Å². The highest BCUT2D eigenvalue weighted by Gasteiger charge is 2.36. The highest BCUT2D eigenvalue weighted by Crippen LogP contribution is 2.35. The molecule has 1 aromatic rings. The zero-order valence-corrected chi connectivity index (χ0v) is 11.1. The Hall–Kier alpha value is -1.31. The van der Waals surface area contributed by atoms with Crippen LogP contribution in [0.25, 0.3) is 0 Å². The topological polar surface area (TPSA) is 20.3 Å². The summed E-state index contributed by atoms with van der Waals surface area (Å²) >= 11 is 0. The van der Waals surface area contributed by atoms with Crippen LogP contribution >= 0.6 is 0 Å². The van der Waals surface area contributed by atoms with Gasteiger partial charge >= 0.3 is 0 Å². The van der Waals surface area contributed by atoms with Crippen molar-refractivity contribution in [2.24, 2.45) is 5.92 Å². The van der Waals surface area contributed by atoms with Crippen molar-refractivity contribution in [3.63, 3.8) is 0 Å². The maximum atomic E-state index is 12.1. The van der Waals surface area contributed by atoms with Gasteiger partial charge < -0.3 is 4.90 Å². The summed E-state index contributed by atoms with van der Waals surface area (Å²) in [6.07, 6.45) is 5.33. The molecule has 3 rings (SSSR count). The van der Waals surface area contributed by atoms with Crippen molar-refractivity contribution in [1.82, 2.24) is 4.90 Å². The third-order valence-corrected chi connectivity index (χ3v) is 4.57. The summed E-state index contributed by atoms with van der Waals surface area (Å²) in [5.74, 6) is 1.02. The van der Waals surface area contributed by atoms with Crippen LogP contribution in [0.1, 0.15) is 37.3 Å². The Labute approximate surface area is 109 Å². The van der Waals surface area contributed by atoms with E-state index in [-0.39, 0.29) is 0 Å². The van der Waals surface area contributed by atoms with E-state index in [2.05, 4.69) is 29.2 Å². The fourth-order valence-electron chi connectivity index (χ4n) is 3.63. The smallest absolute Gasteiger partial charge is 0.222 e. The molecule has 1 saturated heterocycles. The number of hydrogen-bond donors (Lipinski definition) is 0. The zero-order chi connectivity index (χ0) is 12.5. The molecule has 1 heterocycles. The highest BCUT2D eigenvalue weighted by atomic mass is 16.2. The Morgan fingerprint density at radius 3 is 2.72 bits per heavy atom. The van der Waals surface area contributed by atoms with Crippen molar-refractivity contribution < 1.29 is 4.79 Å². The van der Waals surface area contributed by atoms with Crippen LogP contribution in [0.4, 0.5) is 0 Å². The van der Waals surface area contributed by atoms with Gasteiger partial charge in [-0.1, -0.05) is 31.2 Å². The zero-order valence-electron chi connectivity index (χ0n) is 11.1. The minimum Gasteiger partial charge on any atom is -0.339 e. The average molecular weight is 243 g/mol. The molecule has 2 nitrogen and oxygen atoms in total. The van der Waals surface area contributed by atoms with E-state index in [1.54, 1.807) is 0 Å². The maximum Gasteiger partial charge on any atom is 0.222 e. The summed E-state index contributed by atoms with van der Waals surface area (Å²) < 4.78 is 0. The molecule has 96 valence electrons. The lowest BCUT2D eigenvalue weighted by molar-refractivity contribution is -0.136. The van der Waals surface area contributed by atoms with Gasteiger partial charge in [0.25, 0.3) is 0 Å². The second-order valence-electron chi connectivity index (χ2n) is 5.59. The largest absolute Gasteiger partial charge is 0.339 e. The number of hydrogen-bond acceptors (Lipinski definition) is 1. The number of benzene rings is 1. The molecular formula is C16H21NO. The number of rotatable bonds is 1. The summed E-state index contributed by atoms with van der Waals surface area (Å²) in [5, 5.41) is 0. The predicted octanol–water partition coefficient (Wildman–Crippen LogP) is 2.80. The second kappa shape index (κ2) is 4.75. The third-order valence-electron chi connectivity index (χ3n) is 4.57. The highest BCUT2D eigenvalue weighted by molar-refractivity contribution is 5.76. The van der Waals surface area contributed by atoms with Gasteiger partial charge in [0.1, 0.15) is 0 Å². The van der Waals surface area contributed by atoms with E-state index in [0.717, 1.165) is 19.4 Å². The van der Waals surface area contributed by atoms with E-state index in [4.69, 9.17) is 0 Å². The molecule has 0 N–H and O–H groups in total. The maximum absolute atomic E-state index is 12.1. The SMILES string of the molecule is CCC(=O)N1CCCC2Cc3ccccc3CC21. The van der Waals surface area contributed by atoms with E-state index in [0.29, 0.717) is 24.3 Å². The number of amides is 1. The normalized spacial score (nSPS) is 26.4. The summed E-state index contributed by atoms with van der Waals surface area (Å²) in [5.41, 5.74) is 2.96. The molecule has 0 aromatic heterocycles. The number of fused-ring (bicyclic) bond motifs is 2. The quantitative estimate of drug-likeness (QED) is 0.742. The Morgan fingerprint density at radius 2 is 2.00 bits per heavy atom. The first-order valence-corrected chi connectivity index (χ1v) is 7.16. The molecule has 1 amide bonds. The lowest BCUT2D eigenvalue weighted by Crippen LogP contribution is -2.51. The molecule has 0 spiro atoms. The van der Waals surface area contributed by atoms with Crippen molar-refractivity contribution in [3.05, 3.63) is 35.4 Å². The Kier molecular flexibility index (Phi) is 3.11. The van der Waals surface area contributed by atoms with Crippen LogP contribution in [0.15, 0.2) is 24.3 Å². The molecular weight excluding hydrogens is 222 g/mol. The first-order valence-electron chi connectivity index (χ1n) is 7.16. The molecule has 1 aliphatic carbocycles. The monoisotopic (exact) mass is 243 g/mol. The van der Waals surface area contributed by atoms with E-state index in [1.165, 1.54) is 24.0 Å². The summed E-state index contributed by atoms with van der Waals surface area (Å²) in [6.45, 7) is 2.94. The summed E-state index contributed by atoms with van der Waals surface area (Å²) in [4.78, 5) is 14.2. The van der Waals surface area contributed by atoms with Crippen LogP contribution in [-0.2, 0) is 17.6 Å². The van der Waals surface area contributed by atoms with Crippen LogP contribution in [-0.4, -0.2) is 23.4 Å². The van der Waals surface area contributed by atoms with Crippen molar-refractivity contribution >= 4 is 5.91 Å². The van der Waals surface area contributed by atoms with Gasteiger partial charge in [-0.15, -0.1) is 0 Å². The van der Waals surface area contributed by atoms with Crippen LogP contribution in [0.2, 0.25) is 0 Å². The lowest BCUT2D eigenvalue weighted by Gasteiger charge is -2.44. The number of carbonyl (C=O) groups excluding carboxylic acids is 1. The molecule has 2 heteroatoms. The second-order valence-corrected chi connectivity index (χ2v) is 5.59. The molecule has 2 atom stereocenters. The number of likely N-dealkylation sites (tertiary alicyclic amines) is 1. The number of carbonyl (C=O) groups is 1. The Morgan fingerprint density at radius 1 is 1.28 bits per heavy atom. The third kappa shape index (κ3) is 1.94. The fourth-order valence-corrected chi connectivity index (χ4v) is 3.63. The minimum absolute atomic E-state index is 0.337. The molecule has 1 aromatic carbocycles. The number of piperidine rings is 1. The molecule has 1 aliphatic heterocycles. The van der Waals surface area contributed by atoms with Gasteiger partial charge in [-0.3, -0.25) is 4.79 Å². The van der Waals surface area contributed by atoms with Crippen LogP contribution in [0.3, 0.4) is 0 Å². The first-order chi connectivity index (χ1) is 8.79. The summed E-state index contributed by atoms with van der Waals surface area (Å²) in [7, 11) is 0. The van der Waals surface area contributed by atoms with E-state index >= 15 is 0 Å². The van der Waals surface area contributed by atoms with Gasteiger partial charge in [0.05, 0.1) is 0 Å². The summed E-state index contributed by atoms with van der Waals surface area (Å²) in [6, 6.07) is 9.20. The fraction of sp³-hybridized carbons (Fsp3) is 0.562. The first kappa shape index (κ1) is 11.8. The van der Waals surface area contributed by atoms with E-state index in [9.17, 15) is 4.79 Å². The van der Waals surface area contributed by atoms with Crippen LogP contribution in [0, 0.1) is 5.92 Å². The van der Waals surface area contributed by atoms with Gasteiger partial charge in [0.15, 0.2) is 0 Å². The molecule has 0 saturated carbocycles. The predicted molar refractivity (Wildman–Crippen MR) is 72.4 cm³/mol. The van der Waals surface area contributed by atoms with Gasteiger partial charge in [-0.2, -0.15) is 0 Å². The molecule has 18 heavy (non-hydrogen) atoms. The van der Waals surface area contributed by atoms with E-state index in [1.807, 2.05) is 6.92 Å². The van der Waals surface area contributed by atoms with Crippen molar-refractivity contribution in [2.45, 2.75) is 45.1 Å². The van der Waals surface area contributed by atoms with Crippen LogP contribution < -0.4 is 0 Å². The average Bonchev–Trinajstić information content (AvgIpc) is 2.43. The molecule has 2 aliphatic rings.